The summed E-state index contributed by atoms with van der Waals surface area (Å²) in [6.45, 7) is 1.60. The Labute approximate surface area is 184 Å². The molecule has 1 heterocycles. The second kappa shape index (κ2) is 8.94. The Morgan fingerprint density at radius 1 is 1.26 bits per heavy atom. The maximum atomic E-state index is 13.2. The first kappa shape index (κ1) is 23.2. The first-order chi connectivity index (χ1) is 14.5. The number of nitrogens with zero attached hydrogens (tertiary/aromatic N) is 1. The fraction of sp³-hybridized carbons (Fsp3) is 0.333. The zero-order valence-corrected chi connectivity index (χ0v) is 18.3. The van der Waals surface area contributed by atoms with Crippen LogP contribution in [0.3, 0.4) is 0 Å². The van der Waals surface area contributed by atoms with Gasteiger partial charge in [0.15, 0.2) is 0 Å². The van der Waals surface area contributed by atoms with Gasteiger partial charge < -0.3 is 10.4 Å². The van der Waals surface area contributed by atoms with Crippen molar-refractivity contribution in [3.8, 4) is 0 Å². The zero-order chi connectivity index (χ0) is 22.8. The van der Waals surface area contributed by atoms with E-state index in [0.29, 0.717) is 12.0 Å². The van der Waals surface area contributed by atoms with Crippen molar-refractivity contribution >= 4 is 33.5 Å². The van der Waals surface area contributed by atoms with Gasteiger partial charge in [-0.1, -0.05) is 29.8 Å². The van der Waals surface area contributed by atoms with Gasteiger partial charge in [0, 0.05) is 18.0 Å². The lowest BCUT2D eigenvalue weighted by molar-refractivity contribution is -0.143. The normalized spacial score (nSPS) is 20.4. The maximum absolute atomic E-state index is 13.2. The van der Waals surface area contributed by atoms with E-state index in [0.717, 1.165) is 4.31 Å². The van der Waals surface area contributed by atoms with Gasteiger partial charge in [-0.25, -0.2) is 17.6 Å². The van der Waals surface area contributed by atoms with Crippen molar-refractivity contribution in [3.05, 3.63) is 64.9 Å². The van der Waals surface area contributed by atoms with Gasteiger partial charge >= 0.3 is 5.97 Å². The van der Waals surface area contributed by atoms with Crippen LogP contribution in [0.2, 0.25) is 5.02 Å². The van der Waals surface area contributed by atoms with E-state index in [1.54, 1.807) is 6.07 Å². The molecule has 0 aliphatic carbocycles. The van der Waals surface area contributed by atoms with E-state index in [4.69, 9.17) is 11.6 Å². The SMILES string of the molecule is C[C@@]1(C(=O)NC(Cc2ccc(F)cc2)C(=O)O)CCCN1S(=O)(=O)c1cccc(Cl)c1. The molecule has 2 N–H and O–H groups in total. The zero-order valence-electron chi connectivity index (χ0n) is 16.7. The number of carboxylic acid groups (broad SMARTS) is 1. The molecule has 2 aromatic carbocycles. The van der Waals surface area contributed by atoms with Gasteiger partial charge in [-0.2, -0.15) is 4.31 Å². The lowest BCUT2D eigenvalue weighted by Gasteiger charge is -2.34. The molecule has 31 heavy (non-hydrogen) atoms. The van der Waals surface area contributed by atoms with E-state index in [9.17, 15) is 27.5 Å². The third-order valence-corrected chi connectivity index (χ3v) is 7.66. The molecule has 0 saturated carbocycles. The van der Waals surface area contributed by atoms with Gasteiger partial charge in [-0.15, -0.1) is 0 Å². The Morgan fingerprint density at radius 2 is 1.94 bits per heavy atom. The number of carbonyl (C=O) groups excluding carboxylic acids is 1. The topological polar surface area (TPSA) is 104 Å². The van der Waals surface area contributed by atoms with Crippen LogP contribution in [0.4, 0.5) is 4.39 Å². The third-order valence-electron chi connectivity index (χ3n) is 5.40. The van der Waals surface area contributed by atoms with E-state index in [1.807, 2.05) is 0 Å². The van der Waals surface area contributed by atoms with Crippen LogP contribution in [0.5, 0.6) is 0 Å². The average Bonchev–Trinajstić information content (AvgIpc) is 3.13. The number of nitrogens with one attached hydrogen (secondary N) is 1. The molecule has 0 radical (unpaired) electrons. The minimum absolute atomic E-state index is 0.0398. The summed E-state index contributed by atoms with van der Waals surface area (Å²) in [4.78, 5) is 24.8. The number of sulfonamides is 1. The predicted octanol–water partition coefficient (Wildman–Crippen LogP) is 2.83. The first-order valence-corrected chi connectivity index (χ1v) is 11.4. The predicted molar refractivity (Wildman–Crippen MR) is 113 cm³/mol. The number of amides is 1. The molecule has 0 aromatic heterocycles. The van der Waals surface area contributed by atoms with Crippen LogP contribution in [0.15, 0.2) is 53.4 Å². The third kappa shape index (κ3) is 4.89. The minimum atomic E-state index is -4.03. The molecule has 1 fully saturated rings. The number of rotatable bonds is 7. The highest BCUT2D eigenvalue weighted by molar-refractivity contribution is 7.89. The van der Waals surface area contributed by atoms with Crippen LogP contribution in [-0.2, 0) is 26.0 Å². The van der Waals surface area contributed by atoms with Crippen LogP contribution in [-0.4, -0.2) is 47.8 Å². The van der Waals surface area contributed by atoms with E-state index in [1.165, 1.54) is 49.4 Å². The molecule has 0 spiro atoms. The van der Waals surface area contributed by atoms with Gasteiger partial charge in [0.2, 0.25) is 15.9 Å². The van der Waals surface area contributed by atoms with E-state index in [-0.39, 0.29) is 29.3 Å². The standard InChI is InChI=1S/C21H22ClFN2O5S/c1-21(10-3-11-25(21)31(29,30)17-5-2-4-15(22)13-17)20(28)24-18(19(26)27)12-14-6-8-16(23)9-7-14/h2,4-9,13,18H,3,10-12H2,1H3,(H,24,28)(H,26,27)/t18?,21-/m0/s1. The summed E-state index contributed by atoms with van der Waals surface area (Å²) in [5.41, 5.74) is -0.938. The number of hydrogen-bond acceptors (Lipinski definition) is 4. The van der Waals surface area contributed by atoms with Gasteiger partial charge in [0.25, 0.3) is 0 Å². The molecule has 0 bridgehead atoms. The van der Waals surface area contributed by atoms with Crippen molar-refractivity contribution in [2.75, 3.05) is 6.54 Å². The number of benzene rings is 2. The summed E-state index contributed by atoms with van der Waals surface area (Å²) in [5, 5.41) is 12.3. The van der Waals surface area contributed by atoms with Crippen molar-refractivity contribution in [3.63, 3.8) is 0 Å². The quantitative estimate of drug-likeness (QED) is 0.650. The number of carboxylic acids is 1. The second-order valence-corrected chi connectivity index (χ2v) is 9.91. The molecular formula is C21H22ClFN2O5S. The summed E-state index contributed by atoms with van der Waals surface area (Å²) >= 11 is 5.93. The summed E-state index contributed by atoms with van der Waals surface area (Å²) in [5.74, 6) is -2.44. The highest BCUT2D eigenvalue weighted by Crippen LogP contribution is 2.35. The summed E-state index contributed by atoms with van der Waals surface area (Å²) < 4.78 is 40.6. The van der Waals surface area contributed by atoms with Gasteiger partial charge in [-0.05, 0) is 55.7 Å². The van der Waals surface area contributed by atoms with E-state index in [2.05, 4.69) is 5.32 Å². The van der Waals surface area contributed by atoms with Gasteiger partial charge in [0.05, 0.1) is 4.90 Å². The maximum Gasteiger partial charge on any atom is 0.326 e. The van der Waals surface area contributed by atoms with Crippen LogP contribution < -0.4 is 5.32 Å². The second-order valence-electron chi connectivity index (χ2n) is 7.61. The van der Waals surface area contributed by atoms with E-state index >= 15 is 0 Å². The fourth-order valence-corrected chi connectivity index (χ4v) is 5.79. The smallest absolute Gasteiger partial charge is 0.326 e. The van der Waals surface area contributed by atoms with Crippen LogP contribution in [0, 0.1) is 5.82 Å². The summed E-state index contributed by atoms with van der Waals surface area (Å²) in [6, 6.07) is 9.73. The molecule has 1 aliphatic rings. The highest BCUT2D eigenvalue weighted by atomic mass is 35.5. The van der Waals surface area contributed by atoms with Crippen LogP contribution in [0.25, 0.3) is 0 Å². The van der Waals surface area contributed by atoms with Crippen molar-refractivity contribution in [2.24, 2.45) is 0 Å². The largest absolute Gasteiger partial charge is 0.480 e. The molecular weight excluding hydrogens is 447 g/mol. The van der Waals surface area contributed by atoms with Gasteiger partial charge in [-0.3, -0.25) is 4.79 Å². The molecule has 2 atom stereocenters. The van der Waals surface area contributed by atoms with Crippen molar-refractivity contribution < 1.29 is 27.5 Å². The Hall–Kier alpha value is -2.49. The molecule has 7 nitrogen and oxygen atoms in total. The monoisotopic (exact) mass is 468 g/mol. The van der Waals surface area contributed by atoms with Gasteiger partial charge in [0.1, 0.15) is 17.4 Å². The summed E-state index contributed by atoms with van der Waals surface area (Å²) in [7, 11) is -4.03. The molecule has 10 heteroatoms. The van der Waals surface area contributed by atoms with Crippen LogP contribution in [0.1, 0.15) is 25.3 Å². The number of carbonyl (C=O) groups is 2. The Balaban J connectivity index is 1.84. The Morgan fingerprint density at radius 3 is 2.55 bits per heavy atom. The van der Waals surface area contributed by atoms with Crippen molar-refractivity contribution in [1.82, 2.24) is 9.62 Å². The lowest BCUT2D eigenvalue weighted by atomic mass is 9.97. The van der Waals surface area contributed by atoms with Crippen LogP contribution >= 0.6 is 11.6 Å². The Bertz CT molecular complexity index is 1090. The highest BCUT2D eigenvalue weighted by Gasteiger charge is 2.50. The molecule has 1 aliphatic heterocycles. The molecule has 3 rings (SSSR count). The van der Waals surface area contributed by atoms with Crippen molar-refractivity contribution in [1.29, 1.82) is 0 Å². The summed E-state index contributed by atoms with van der Waals surface area (Å²) in [6.07, 6.45) is 0.611. The first-order valence-electron chi connectivity index (χ1n) is 9.61. The number of aliphatic carboxylic acids is 1. The Kier molecular flexibility index (Phi) is 6.68. The molecule has 2 aromatic rings. The number of hydrogen-bond donors (Lipinski definition) is 2. The molecule has 1 amide bonds. The minimum Gasteiger partial charge on any atom is -0.480 e. The molecule has 166 valence electrons. The molecule has 1 saturated heterocycles. The van der Waals surface area contributed by atoms with E-state index < -0.39 is 39.3 Å². The lowest BCUT2D eigenvalue weighted by Crippen LogP contribution is -2.58. The number of halogens is 2. The van der Waals surface area contributed by atoms with Crippen molar-refractivity contribution in [2.45, 2.75) is 42.7 Å². The fourth-order valence-electron chi connectivity index (χ4n) is 3.68. The average molecular weight is 469 g/mol. The molecule has 1 unspecified atom stereocenters.